The van der Waals surface area contributed by atoms with Crippen LogP contribution in [0.4, 0.5) is 16.2 Å². The summed E-state index contributed by atoms with van der Waals surface area (Å²) in [6.07, 6.45) is 5.88. The Morgan fingerprint density at radius 3 is 2.65 bits per heavy atom. The van der Waals surface area contributed by atoms with Gasteiger partial charge in [-0.25, -0.2) is 24.3 Å². The first-order valence-corrected chi connectivity index (χ1v) is 10.4. The third-order valence-electron chi connectivity index (χ3n) is 6.08. The second-order valence-electron chi connectivity index (χ2n) is 8.62. The van der Waals surface area contributed by atoms with Crippen molar-refractivity contribution in [1.82, 2.24) is 24.8 Å². The van der Waals surface area contributed by atoms with Crippen molar-refractivity contribution in [3.63, 3.8) is 0 Å². The van der Waals surface area contributed by atoms with Crippen molar-refractivity contribution in [2.45, 2.75) is 45.2 Å². The van der Waals surface area contributed by atoms with Crippen LogP contribution in [0, 0.1) is 12.7 Å². The SMILES string of the molecule is Cc1oc2ncnc(NC3(C)CC3)c2c1C(=O)N1CCN(c2ncc(F)cn2)CC1C. The Morgan fingerprint density at radius 2 is 1.97 bits per heavy atom. The summed E-state index contributed by atoms with van der Waals surface area (Å²) in [5, 5.41) is 4.09. The predicted octanol–water partition coefficient (Wildman–Crippen LogP) is 2.78. The van der Waals surface area contributed by atoms with Crippen LogP contribution in [0.3, 0.4) is 0 Å². The number of piperazine rings is 1. The average molecular weight is 425 g/mol. The van der Waals surface area contributed by atoms with Gasteiger partial charge in [-0.15, -0.1) is 0 Å². The number of nitrogens with one attached hydrogen (secondary N) is 1. The van der Waals surface area contributed by atoms with Gasteiger partial charge in [0.25, 0.3) is 5.91 Å². The fraction of sp³-hybridized carbons (Fsp3) is 0.476. The van der Waals surface area contributed by atoms with E-state index >= 15 is 0 Å². The molecule has 2 fully saturated rings. The minimum absolute atomic E-state index is 0.000844. The van der Waals surface area contributed by atoms with Gasteiger partial charge in [-0.1, -0.05) is 0 Å². The number of furan rings is 1. The molecule has 1 aliphatic heterocycles. The Labute approximate surface area is 178 Å². The molecule has 5 rings (SSSR count). The van der Waals surface area contributed by atoms with Crippen molar-refractivity contribution < 1.29 is 13.6 Å². The molecule has 1 saturated heterocycles. The van der Waals surface area contributed by atoms with Gasteiger partial charge in [-0.3, -0.25) is 4.79 Å². The number of aromatic nitrogens is 4. The molecule has 4 heterocycles. The number of nitrogens with zero attached hydrogens (tertiary/aromatic N) is 6. The van der Waals surface area contributed by atoms with Crippen LogP contribution in [0.5, 0.6) is 0 Å². The second kappa shape index (κ2) is 7.14. The lowest BCUT2D eigenvalue weighted by atomic mass is 10.1. The van der Waals surface area contributed by atoms with Gasteiger partial charge in [0.1, 0.15) is 17.9 Å². The Balaban J connectivity index is 1.42. The van der Waals surface area contributed by atoms with E-state index in [2.05, 4.69) is 32.2 Å². The van der Waals surface area contributed by atoms with Crippen LogP contribution in [0.25, 0.3) is 11.1 Å². The molecule has 1 N–H and O–H groups in total. The van der Waals surface area contributed by atoms with Crippen LogP contribution in [0.1, 0.15) is 42.8 Å². The fourth-order valence-electron chi connectivity index (χ4n) is 4.05. The summed E-state index contributed by atoms with van der Waals surface area (Å²) < 4.78 is 19.0. The molecule has 0 radical (unpaired) electrons. The lowest BCUT2D eigenvalue weighted by molar-refractivity contribution is 0.0673. The van der Waals surface area contributed by atoms with Crippen LogP contribution in [0.15, 0.2) is 23.1 Å². The second-order valence-corrected chi connectivity index (χ2v) is 8.62. The Hall–Kier alpha value is -3.30. The molecule has 9 nitrogen and oxygen atoms in total. The highest BCUT2D eigenvalue weighted by Gasteiger charge is 2.39. The maximum atomic E-state index is 13.6. The standard InChI is InChI=1S/C21H24FN7O2/c1-12-10-28(20-23-8-14(22)9-24-20)6-7-29(12)19(30)15-13(2)31-18-16(15)17(25-11-26-18)27-21(3)4-5-21/h8-9,11-12H,4-7,10H2,1-3H3,(H,25,26,27). The van der Waals surface area contributed by atoms with Crippen molar-refractivity contribution in [1.29, 1.82) is 0 Å². The van der Waals surface area contributed by atoms with Crippen molar-refractivity contribution in [2.75, 3.05) is 29.9 Å². The topological polar surface area (TPSA) is 100 Å². The van der Waals surface area contributed by atoms with Crippen molar-refractivity contribution in [3.05, 3.63) is 35.9 Å². The molecule has 10 heteroatoms. The Bertz CT molecular complexity index is 1140. The van der Waals surface area contributed by atoms with Crippen molar-refractivity contribution in [2.24, 2.45) is 0 Å². The van der Waals surface area contributed by atoms with Gasteiger partial charge in [0.05, 0.1) is 23.3 Å². The normalized spacial score (nSPS) is 20.2. The molecule has 162 valence electrons. The smallest absolute Gasteiger partial charge is 0.258 e. The molecule has 1 atom stereocenters. The van der Waals surface area contributed by atoms with E-state index in [4.69, 9.17) is 4.42 Å². The number of hydrogen-bond donors (Lipinski definition) is 1. The van der Waals surface area contributed by atoms with Crippen LogP contribution in [-0.4, -0.2) is 62.0 Å². The fourth-order valence-corrected chi connectivity index (χ4v) is 4.05. The molecule has 0 aromatic carbocycles. The number of fused-ring (bicyclic) bond motifs is 1. The van der Waals surface area contributed by atoms with Gasteiger partial charge in [0, 0.05) is 31.2 Å². The van der Waals surface area contributed by atoms with E-state index in [1.54, 1.807) is 6.92 Å². The molecular weight excluding hydrogens is 401 g/mol. The molecule has 0 bridgehead atoms. The minimum atomic E-state index is -0.473. The third kappa shape index (κ3) is 3.55. The lowest BCUT2D eigenvalue weighted by Gasteiger charge is -2.39. The molecule has 1 saturated carbocycles. The number of anilines is 2. The van der Waals surface area contributed by atoms with E-state index in [9.17, 15) is 9.18 Å². The summed E-state index contributed by atoms with van der Waals surface area (Å²) in [6.45, 7) is 7.48. The number of aryl methyl sites for hydroxylation is 1. The summed E-state index contributed by atoms with van der Waals surface area (Å²) in [5.74, 6) is 1.04. The first kappa shape index (κ1) is 19.7. The maximum absolute atomic E-state index is 13.6. The molecule has 0 spiro atoms. The highest BCUT2D eigenvalue weighted by atomic mass is 19.1. The monoisotopic (exact) mass is 425 g/mol. The predicted molar refractivity (Wildman–Crippen MR) is 113 cm³/mol. The summed E-state index contributed by atoms with van der Waals surface area (Å²) in [4.78, 5) is 34.2. The molecule has 1 unspecified atom stereocenters. The van der Waals surface area contributed by atoms with Gasteiger partial charge in [-0.05, 0) is 33.6 Å². The van der Waals surface area contributed by atoms with E-state index in [1.807, 2.05) is 16.7 Å². The molecule has 1 amide bonds. The van der Waals surface area contributed by atoms with Crippen LogP contribution >= 0.6 is 0 Å². The quantitative estimate of drug-likeness (QED) is 0.681. The van der Waals surface area contributed by atoms with Crippen LogP contribution < -0.4 is 10.2 Å². The number of carbonyl (C=O) groups excluding carboxylic acids is 1. The van der Waals surface area contributed by atoms with E-state index in [-0.39, 0.29) is 17.5 Å². The number of hydrogen-bond acceptors (Lipinski definition) is 8. The van der Waals surface area contributed by atoms with E-state index in [0.29, 0.717) is 53.8 Å². The largest absolute Gasteiger partial charge is 0.442 e. The molecule has 1 aliphatic carbocycles. The zero-order chi connectivity index (χ0) is 21.8. The summed E-state index contributed by atoms with van der Waals surface area (Å²) in [6, 6.07) is -0.0961. The van der Waals surface area contributed by atoms with Crippen LogP contribution in [-0.2, 0) is 0 Å². The average Bonchev–Trinajstić information content (AvgIpc) is 3.36. The highest BCUT2D eigenvalue weighted by Crippen LogP contribution is 2.40. The Morgan fingerprint density at radius 1 is 1.23 bits per heavy atom. The lowest BCUT2D eigenvalue weighted by Crippen LogP contribution is -2.54. The summed E-state index contributed by atoms with van der Waals surface area (Å²) >= 11 is 0. The number of rotatable bonds is 4. The number of carbonyl (C=O) groups is 1. The first-order valence-electron chi connectivity index (χ1n) is 10.4. The van der Waals surface area contributed by atoms with Gasteiger partial charge in [-0.2, -0.15) is 0 Å². The van der Waals surface area contributed by atoms with Gasteiger partial charge in [0.2, 0.25) is 11.7 Å². The van der Waals surface area contributed by atoms with E-state index < -0.39 is 5.82 Å². The summed E-state index contributed by atoms with van der Waals surface area (Å²) in [5.41, 5.74) is 0.912. The molecule has 3 aromatic rings. The van der Waals surface area contributed by atoms with Crippen LogP contribution in [0.2, 0.25) is 0 Å². The van der Waals surface area contributed by atoms with Gasteiger partial charge in [0.15, 0.2) is 5.82 Å². The van der Waals surface area contributed by atoms with Crippen molar-refractivity contribution >= 4 is 28.8 Å². The number of halogens is 1. The van der Waals surface area contributed by atoms with Crippen molar-refractivity contribution in [3.8, 4) is 0 Å². The van der Waals surface area contributed by atoms with E-state index in [0.717, 1.165) is 25.2 Å². The molecule has 3 aromatic heterocycles. The molecule has 2 aliphatic rings. The third-order valence-corrected chi connectivity index (χ3v) is 6.08. The first-order chi connectivity index (χ1) is 14.8. The minimum Gasteiger partial charge on any atom is -0.442 e. The molecular formula is C21H24FN7O2. The van der Waals surface area contributed by atoms with Gasteiger partial charge < -0.3 is 19.5 Å². The summed E-state index contributed by atoms with van der Waals surface area (Å²) in [7, 11) is 0. The van der Waals surface area contributed by atoms with E-state index in [1.165, 1.54) is 6.33 Å². The molecule has 31 heavy (non-hydrogen) atoms. The number of amides is 1. The maximum Gasteiger partial charge on any atom is 0.258 e. The zero-order valence-electron chi connectivity index (χ0n) is 17.7. The Kier molecular flexibility index (Phi) is 4.53. The van der Waals surface area contributed by atoms with Gasteiger partial charge >= 0.3 is 0 Å². The zero-order valence-corrected chi connectivity index (χ0v) is 17.7. The highest BCUT2D eigenvalue weighted by molar-refractivity contribution is 6.10.